The Bertz CT molecular complexity index is 863. The highest BCUT2D eigenvalue weighted by Gasteiger charge is 2.13. The number of aromatic nitrogens is 2. The van der Waals surface area contributed by atoms with Gasteiger partial charge >= 0.3 is 0 Å². The van der Waals surface area contributed by atoms with Crippen molar-refractivity contribution in [2.24, 2.45) is 0 Å². The van der Waals surface area contributed by atoms with Crippen molar-refractivity contribution >= 4 is 21.8 Å². The minimum Gasteiger partial charge on any atom is -0.421 e. The first-order chi connectivity index (χ1) is 13.2. The Morgan fingerprint density at radius 2 is 1.85 bits per heavy atom. The van der Waals surface area contributed by atoms with Crippen molar-refractivity contribution in [2.45, 2.75) is 38.6 Å². The monoisotopic (exact) mass is 427 g/mol. The number of carbonyl (C=O) groups is 1. The number of hydrogen-bond donors (Lipinski definition) is 1. The Hall–Kier alpha value is -2.47. The molecule has 0 radical (unpaired) electrons. The second kappa shape index (κ2) is 9.46. The number of nitrogens with zero attached hydrogens (tertiary/aromatic N) is 2. The first-order valence-corrected chi connectivity index (χ1v) is 9.87. The largest absolute Gasteiger partial charge is 0.421 e. The van der Waals surface area contributed by atoms with Crippen molar-refractivity contribution in [3.8, 4) is 11.5 Å². The van der Waals surface area contributed by atoms with Crippen LogP contribution >= 0.6 is 15.9 Å². The number of benzene rings is 2. The van der Waals surface area contributed by atoms with E-state index in [0.29, 0.717) is 31.0 Å². The van der Waals surface area contributed by atoms with E-state index >= 15 is 0 Å². The molecule has 1 heterocycles. The summed E-state index contributed by atoms with van der Waals surface area (Å²) in [5.74, 6) is 1.10. The third kappa shape index (κ3) is 5.50. The lowest BCUT2D eigenvalue weighted by Gasteiger charge is -2.17. The van der Waals surface area contributed by atoms with Crippen LogP contribution < -0.4 is 5.32 Å². The van der Waals surface area contributed by atoms with Crippen molar-refractivity contribution in [2.75, 3.05) is 0 Å². The summed E-state index contributed by atoms with van der Waals surface area (Å²) in [4.78, 5) is 12.3. The van der Waals surface area contributed by atoms with Crippen molar-refractivity contribution in [3.63, 3.8) is 0 Å². The number of hydrogen-bond acceptors (Lipinski definition) is 4. The standard InChI is InChI=1S/C21H22BrN3O2/c1-2-18(15-11-13-17(22)14-12-15)23-19(26)9-6-10-20-24-25-21(27-20)16-7-4-3-5-8-16/h3-5,7-8,11-14,18H,2,6,9-10H2,1H3,(H,23,26). The lowest BCUT2D eigenvalue weighted by molar-refractivity contribution is -0.122. The molecule has 0 aliphatic carbocycles. The van der Waals surface area contributed by atoms with E-state index in [1.165, 1.54) is 0 Å². The maximum Gasteiger partial charge on any atom is 0.247 e. The quantitative estimate of drug-likeness (QED) is 0.543. The van der Waals surface area contributed by atoms with Crippen LogP contribution in [-0.4, -0.2) is 16.1 Å². The highest BCUT2D eigenvalue weighted by Crippen LogP contribution is 2.20. The maximum atomic E-state index is 12.3. The first kappa shape index (κ1) is 19.3. The van der Waals surface area contributed by atoms with Gasteiger partial charge in [-0.25, -0.2) is 0 Å². The number of rotatable bonds is 8. The molecule has 27 heavy (non-hydrogen) atoms. The Morgan fingerprint density at radius 3 is 2.56 bits per heavy atom. The Labute approximate surface area is 167 Å². The molecule has 2 aromatic carbocycles. The predicted octanol–water partition coefficient (Wildman–Crippen LogP) is 5.09. The molecule has 140 valence electrons. The number of amides is 1. The summed E-state index contributed by atoms with van der Waals surface area (Å²) in [6.45, 7) is 2.07. The van der Waals surface area contributed by atoms with E-state index in [0.717, 1.165) is 22.0 Å². The van der Waals surface area contributed by atoms with E-state index in [-0.39, 0.29) is 11.9 Å². The number of carbonyl (C=O) groups excluding carboxylic acids is 1. The van der Waals surface area contributed by atoms with Gasteiger partial charge in [0, 0.05) is 22.9 Å². The molecule has 6 heteroatoms. The van der Waals surface area contributed by atoms with E-state index in [4.69, 9.17) is 4.42 Å². The zero-order valence-electron chi connectivity index (χ0n) is 15.2. The molecule has 0 aliphatic rings. The fourth-order valence-electron chi connectivity index (χ4n) is 2.83. The summed E-state index contributed by atoms with van der Waals surface area (Å²) < 4.78 is 6.71. The van der Waals surface area contributed by atoms with E-state index < -0.39 is 0 Å². The third-order valence-electron chi connectivity index (χ3n) is 4.30. The van der Waals surface area contributed by atoms with Crippen LogP contribution in [0.5, 0.6) is 0 Å². The second-order valence-electron chi connectivity index (χ2n) is 6.30. The molecule has 0 aliphatic heterocycles. The Balaban J connectivity index is 1.48. The van der Waals surface area contributed by atoms with E-state index in [1.54, 1.807) is 0 Å². The summed E-state index contributed by atoms with van der Waals surface area (Å²) in [6, 6.07) is 17.7. The van der Waals surface area contributed by atoms with Gasteiger partial charge in [0.15, 0.2) is 0 Å². The number of aryl methyl sites for hydroxylation is 1. The van der Waals surface area contributed by atoms with Gasteiger partial charge in [0.1, 0.15) is 0 Å². The van der Waals surface area contributed by atoms with Crippen molar-refractivity contribution in [1.82, 2.24) is 15.5 Å². The molecule has 0 fully saturated rings. The van der Waals surface area contributed by atoms with E-state index in [9.17, 15) is 4.79 Å². The maximum absolute atomic E-state index is 12.3. The fraction of sp³-hybridized carbons (Fsp3) is 0.286. The summed E-state index contributed by atoms with van der Waals surface area (Å²) in [5.41, 5.74) is 2.01. The van der Waals surface area contributed by atoms with Gasteiger partial charge in [0.2, 0.25) is 17.7 Å². The van der Waals surface area contributed by atoms with Crippen LogP contribution in [0.4, 0.5) is 0 Å². The Kier molecular flexibility index (Phi) is 6.76. The average Bonchev–Trinajstić information content (AvgIpc) is 3.16. The SMILES string of the molecule is CCC(NC(=O)CCCc1nnc(-c2ccccc2)o1)c1ccc(Br)cc1. The van der Waals surface area contributed by atoms with Gasteiger partial charge in [-0.15, -0.1) is 10.2 Å². The summed E-state index contributed by atoms with van der Waals surface area (Å²) in [7, 11) is 0. The normalized spacial score (nSPS) is 11.9. The summed E-state index contributed by atoms with van der Waals surface area (Å²) in [6.07, 6.45) is 2.52. The molecule has 1 atom stereocenters. The molecule has 0 spiro atoms. The lowest BCUT2D eigenvalue weighted by Crippen LogP contribution is -2.27. The second-order valence-corrected chi connectivity index (χ2v) is 7.22. The molecular weight excluding hydrogens is 406 g/mol. The van der Waals surface area contributed by atoms with E-state index in [1.807, 2.05) is 54.6 Å². The van der Waals surface area contributed by atoms with Gasteiger partial charge in [0.05, 0.1) is 6.04 Å². The van der Waals surface area contributed by atoms with Crippen molar-refractivity contribution in [1.29, 1.82) is 0 Å². The number of halogens is 1. The van der Waals surface area contributed by atoms with Crippen molar-refractivity contribution in [3.05, 3.63) is 70.5 Å². The average molecular weight is 428 g/mol. The van der Waals surface area contributed by atoms with Crippen LogP contribution in [0.25, 0.3) is 11.5 Å². The van der Waals surface area contributed by atoms with Gasteiger partial charge in [0.25, 0.3) is 0 Å². The molecule has 5 nitrogen and oxygen atoms in total. The molecule has 0 saturated heterocycles. The van der Waals surface area contributed by atoms with Gasteiger partial charge < -0.3 is 9.73 Å². The summed E-state index contributed by atoms with van der Waals surface area (Å²) >= 11 is 3.43. The minimum atomic E-state index is 0.0266. The van der Waals surface area contributed by atoms with E-state index in [2.05, 4.69) is 38.4 Å². The van der Waals surface area contributed by atoms with Crippen LogP contribution in [0.2, 0.25) is 0 Å². The topological polar surface area (TPSA) is 68.0 Å². The summed E-state index contributed by atoms with van der Waals surface area (Å²) in [5, 5.41) is 11.2. The van der Waals surface area contributed by atoms with Crippen LogP contribution in [-0.2, 0) is 11.2 Å². The molecule has 1 aromatic heterocycles. The lowest BCUT2D eigenvalue weighted by atomic mass is 10.0. The Morgan fingerprint density at radius 1 is 1.11 bits per heavy atom. The molecule has 1 N–H and O–H groups in total. The molecule has 1 unspecified atom stereocenters. The van der Waals surface area contributed by atoms with Crippen molar-refractivity contribution < 1.29 is 9.21 Å². The molecule has 3 rings (SSSR count). The molecule has 3 aromatic rings. The predicted molar refractivity (Wildman–Crippen MR) is 108 cm³/mol. The van der Waals surface area contributed by atoms with Gasteiger partial charge in [-0.3, -0.25) is 4.79 Å². The first-order valence-electron chi connectivity index (χ1n) is 9.08. The minimum absolute atomic E-state index is 0.0266. The van der Waals surface area contributed by atoms with Gasteiger partial charge in [-0.2, -0.15) is 0 Å². The van der Waals surface area contributed by atoms with Gasteiger partial charge in [-0.05, 0) is 42.7 Å². The molecule has 1 amide bonds. The van der Waals surface area contributed by atoms with Gasteiger partial charge in [-0.1, -0.05) is 53.2 Å². The highest BCUT2D eigenvalue weighted by molar-refractivity contribution is 9.10. The highest BCUT2D eigenvalue weighted by atomic mass is 79.9. The van der Waals surface area contributed by atoms with Crippen LogP contribution in [0.1, 0.15) is 43.7 Å². The third-order valence-corrected chi connectivity index (χ3v) is 4.83. The molecular formula is C21H22BrN3O2. The zero-order valence-corrected chi connectivity index (χ0v) is 16.8. The molecule has 0 saturated carbocycles. The van der Waals surface area contributed by atoms with Crippen LogP contribution in [0.3, 0.4) is 0 Å². The fourth-order valence-corrected chi connectivity index (χ4v) is 3.10. The zero-order chi connectivity index (χ0) is 19.1. The number of nitrogens with one attached hydrogen (secondary N) is 1. The van der Waals surface area contributed by atoms with Crippen LogP contribution in [0, 0.1) is 0 Å². The smallest absolute Gasteiger partial charge is 0.247 e. The molecule has 0 bridgehead atoms. The van der Waals surface area contributed by atoms with Crippen LogP contribution in [0.15, 0.2) is 63.5 Å².